The molecule has 9 nitrogen and oxygen atoms in total. The van der Waals surface area contributed by atoms with E-state index in [4.69, 9.17) is 19.9 Å². The molecule has 0 radical (unpaired) electrons. The molecule has 0 amide bonds. The van der Waals surface area contributed by atoms with Gasteiger partial charge in [0.05, 0.1) is 34.7 Å². The molecule has 1 atom stereocenters. The van der Waals surface area contributed by atoms with Crippen molar-refractivity contribution in [3.05, 3.63) is 69.9 Å². The van der Waals surface area contributed by atoms with E-state index in [-0.39, 0.29) is 57.8 Å². The van der Waals surface area contributed by atoms with Crippen LogP contribution in [0.5, 0.6) is 11.6 Å². The summed E-state index contributed by atoms with van der Waals surface area (Å²) in [6.07, 6.45) is -4.65. The molecular weight excluding hydrogens is 491 g/mol. The number of nitrogens with zero attached hydrogens (tertiary/aromatic N) is 4. The summed E-state index contributed by atoms with van der Waals surface area (Å²) in [4.78, 5) is 16.9. The van der Waals surface area contributed by atoms with Gasteiger partial charge in [0.15, 0.2) is 5.65 Å². The Bertz CT molecular complexity index is 1500. The highest BCUT2D eigenvalue weighted by molar-refractivity contribution is 5.92. The highest BCUT2D eigenvalue weighted by atomic mass is 19.4. The largest absolute Gasteiger partial charge is 0.463 e. The van der Waals surface area contributed by atoms with Gasteiger partial charge in [-0.05, 0) is 38.5 Å². The Kier molecular flexibility index (Phi) is 6.56. The van der Waals surface area contributed by atoms with Gasteiger partial charge in [0.25, 0.3) is 0 Å². The van der Waals surface area contributed by atoms with Gasteiger partial charge in [-0.3, -0.25) is 4.68 Å². The molecule has 1 aliphatic rings. The number of ether oxygens (including phenoxy) is 3. The Morgan fingerprint density at radius 2 is 1.95 bits per heavy atom. The Hall–Kier alpha value is -4.53. The van der Waals surface area contributed by atoms with Gasteiger partial charge < -0.3 is 19.9 Å². The van der Waals surface area contributed by atoms with Crippen molar-refractivity contribution in [3.63, 3.8) is 0 Å². The number of rotatable bonds is 5. The van der Waals surface area contributed by atoms with Crippen molar-refractivity contribution in [2.24, 2.45) is 12.8 Å². The van der Waals surface area contributed by atoms with Crippen molar-refractivity contribution < 1.29 is 32.2 Å². The van der Waals surface area contributed by atoms with E-state index in [2.05, 4.69) is 10.1 Å². The lowest BCUT2D eigenvalue weighted by molar-refractivity contribution is -0.139. The molecule has 3 aromatic rings. The minimum Gasteiger partial charge on any atom is -0.463 e. The van der Waals surface area contributed by atoms with Crippen molar-refractivity contribution in [2.45, 2.75) is 32.9 Å². The van der Waals surface area contributed by atoms with E-state index in [9.17, 15) is 23.2 Å². The zero-order valence-corrected chi connectivity index (χ0v) is 20.3. The second kappa shape index (κ2) is 9.50. The molecule has 4 rings (SSSR count). The molecule has 192 valence electrons. The highest BCUT2D eigenvalue weighted by Crippen LogP contribution is 2.41. The van der Waals surface area contributed by atoms with Crippen LogP contribution in [0.3, 0.4) is 0 Å². The Labute approximate surface area is 209 Å². The fourth-order valence-electron chi connectivity index (χ4n) is 4.23. The van der Waals surface area contributed by atoms with Crippen LogP contribution in [-0.4, -0.2) is 27.3 Å². The number of carbonyl (C=O) groups is 1. The van der Waals surface area contributed by atoms with Crippen molar-refractivity contribution >= 4 is 17.0 Å². The second-order valence-corrected chi connectivity index (χ2v) is 8.20. The first kappa shape index (κ1) is 25.6. The maximum Gasteiger partial charge on any atom is 0.417 e. The first-order valence-corrected chi connectivity index (χ1v) is 11.1. The number of benzene rings is 1. The fourth-order valence-corrected chi connectivity index (χ4v) is 4.23. The maximum absolute atomic E-state index is 13.8. The summed E-state index contributed by atoms with van der Waals surface area (Å²) in [5.41, 5.74) is 5.87. The molecule has 2 aromatic heterocycles. The SMILES string of the molecule is CCOC(=O)C1=C(C)OC(N)=C(C#N)C1c1ccc(Oc2cc(C(F)(F)F)c3c(C)nn(C)c3n2)cc1. The number of carbonyl (C=O) groups excluding carboxylic acids is 1. The van der Waals surface area contributed by atoms with Crippen LogP contribution in [0.4, 0.5) is 13.2 Å². The Balaban J connectivity index is 1.72. The zero-order chi connectivity index (χ0) is 27.1. The maximum atomic E-state index is 13.8. The third kappa shape index (κ3) is 4.67. The number of allylic oxidation sites excluding steroid dienone is 2. The fraction of sp³-hybridized carbons (Fsp3) is 0.280. The summed E-state index contributed by atoms with van der Waals surface area (Å²) in [5.74, 6) is -1.55. The lowest BCUT2D eigenvalue weighted by Crippen LogP contribution is -2.25. The van der Waals surface area contributed by atoms with E-state index in [1.807, 2.05) is 6.07 Å². The lowest BCUT2D eigenvalue weighted by atomic mass is 9.83. The van der Waals surface area contributed by atoms with Gasteiger partial charge in [-0.15, -0.1) is 0 Å². The number of hydrogen-bond donors (Lipinski definition) is 1. The number of esters is 1. The molecule has 0 bridgehead atoms. The molecule has 1 unspecified atom stereocenters. The first-order chi connectivity index (χ1) is 17.5. The van der Waals surface area contributed by atoms with Gasteiger partial charge >= 0.3 is 12.1 Å². The second-order valence-electron chi connectivity index (χ2n) is 8.20. The van der Waals surface area contributed by atoms with Crippen molar-refractivity contribution in [1.82, 2.24) is 14.8 Å². The number of hydrogen-bond acceptors (Lipinski definition) is 8. The van der Waals surface area contributed by atoms with Crippen LogP contribution in [0.25, 0.3) is 11.0 Å². The average Bonchev–Trinajstić information content (AvgIpc) is 3.11. The first-order valence-electron chi connectivity index (χ1n) is 11.1. The summed E-state index contributed by atoms with van der Waals surface area (Å²) in [6, 6.07) is 8.92. The molecule has 2 N–H and O–H groups in total. The monoisotopic (exact) mass is 513 g/mol. The molecule has 0 spiro atoms. The van der Waals surface area contributed by atoms with E-state index >= 15 is 0 Å². The summed E-state index contributed by atoms with van der Waals surface area (Å²) in [7, 11) is 1.50. The molecule has 3 heterocycles. The van der Waals surface area contributed by atoms with Crippen LogP contribution in [-0.2, 0) is 27.5 Å². The third-order valence-electron chi connectivity index (χ3n) is 5.79. The van der Waals surface area contributed by atoms with Crippen molar-refractivity contribution in [1.29, 1.82) is 5.26 Å². The topological polar surface area (TPSA) is 125 Å². The molecular formula is C25H22F3N5O4. The van der Waals surface area contributed by atoms with E-state index in [0.29, 0.717) is 5.56 Å². The van der Waals surface area contributed by atoms with E-state index in [0.717, 1.165) is 6.07 Å². The van der Waals surface area contributed by atoms with E-state index in [1.165, 1.54) is 37.7 Å². The number of halogens is 3. The van der Waals surface area contributed by atoms with E-state index < -0.39 is 23.6 Å². The van der Waals surface area contributed by atoms with E-state index in [1.54, 1.807) is 19.1 Å². The van der Waals surface area contributed by atoms with Crippen LogP contribution >= 0.6 is 0 Å². The van der Waals surface area contributed by atoms with Gasteiger partial charge in [-0.1, -0.05) is 12.1 Å². The molecule has 12 heteroatoms. The normalized spacial score (nSPS) is 16.0. The summed E-state index contributed by atoms with van der Waals surface area (Å²) in [5, 5.41) is 13.6. The van der Waals surface area contributed by atoms with Crippen molar-refractivity contribution in [3.8, 4) is 17.7 Å². The predicted molar refractivity (Wildman–Crippen MR) is 125 cm³/mol. The lowest BCUT2D eigenvalue weighted by Gasteiger charge is -2.26. The minimum atomic E-state index is -4.65. The van der Waals surface area contributed by atoms with Crippen LogP contribution in [0.15, 0.2) is 53.1 Å². The number of aromatic nitrogens is 3. The molecule has 0 saturated carbocycles. The number of fused-ring (bicyclic) bond motifs is 1. The molecule has 1 aromatic carbocycles. The molecule has 0 aliphatic carbocycles. The minimum absolute atomic E-state index is 0.0239. The number of pyridine rings is 1. The summed E-state index contributed by atoms with van der Waals surface area (Å²) in [6.45, 7) is 4.78. The number of aryl methyl sites for hydroxylation is 2. The van der Waals surface area contributed by atoms with Gasteiger partial charge in [-0.2, -0.15) is 28.5 Å². The Morgan fingerprint density at radius 1 is 1.27 bits per heavy atom. The average molecular weight is 513 g/mol. The van der Waals surface area contributed by atoms with Gasteiger partial charge in [-0.25, -0.2) is 4.79 Å². The molecule has 1 aliphatic heterocycles. The molecule has 37 heavy (non-hydrogen) atoms. The van der Waals surface area contributed by atoms with Crippen LogP contribution in [0.1, 0.15) is 36.6 Å². The van der Waals surface area contributed by atoms with Gasteiger partial charge in [0.2, 0.25) is 11.8 Å². The van der Waals surface area contributed by atoms with Gasteiger partial charge in [0.1, 0.15) is 23.2 Å². The van der Waals surface area contributed by atoms with Crippen LogP contribution in [0.2, 0.25) is 0 Å². The number of nitriles is 1. The molecule has 0 saturated heterocycles. The highest BCUT2D eigenvalue weighted by Gasteiger charge is 2.37. The summed E-state index contributed by atoms with van der Waals surface area (Å²) < 4.78 is 58.7. The molecule has 0 fully saturated rings. The van der Waals surface area contributed by atoms with Crippen molar-refractivity contribution in [2.75, 3.05) is 6.61 Å². The van der Waals surface area contributed by atoms with Crippen LogP contribution < -0.4 is 10.5 Å². The standard InChI is InChI=1S/C25H22F3N5O4/c1-5-35-24(34)20-13(3)36-22(30)16(11-29)21(20)14-6-8-15(9-7-14)37-18-10-17(25(26,27)28)19-12(2)32-33(4)23(19)31-18/h6-10,21H,5,30H2,1-4H3. The third-order valence-corrected chi connectivity index (χ3v) is 5.79. The quantitative estimate of drug-likeness (QED) is 0.486. The summed E-state index contributed by atoms with van der Waals surface area (Å²) >= 11 is 0. The number of alkyl halides is 3. The zero-order valence-electron chi connectivity index (χ0n) is 20.3. The number of nitrogens with two attached hydrogens (primary N) is 1. The predicted octanol–water partition coefficient (Wildman–Crippen LogP) is 4.73. The van der Waals surface area contributed by atoms with Gasteiger partial charge in [0, 0.05) is 13.1 Å². The smallest absolute Gasteiger partial charge is 0.417 e. The Morgan fingerprint density at radius 3 is 2.54 bits per heavy atom. The van der Waals surface area contributed by atoms with Crippen LogP contribution in [0, 0.1) is 18.3 Å².